The summed E-state index contributed by atoms with van der Waals surface area (Å²) in [6, 6.07) is 9.43. The Morgan fingerprint density at radius 3 is 2.41 bits per heavy atom. The first-order valence-electron chi connectivity index (χ1n) is 11.5. The summed E-state index contributed by atoms with van der Waals surface area (Å²) < 4.78 is 22.3. The zero-order chi connectivity index (χ0) is 24.6. The van der Waals surface area contributed by atoms with Gasteiger partial charge in [-0.25, -0.2) is 4.79 Å². The molecule has 0 amide bonds. The lowest BCUT2D eigenvalue weighted by molar-refractivity contribution is -0.143. The van der Waals surface area contributed by atoms with Gasteiger partial charge >= 0.3 is 5.97 Å². The normalized spacial score (nSPS) is 20.3. The van der Waals surface area contributed by atoms with E-state index in [4.69, 9.17) is 18.6 Å². The van der Waals surface area contributed by atoms with Gasteiger partial charge in [-0.3, -0.25) is 4.79 Å². The fraction of sp³-hybridized carbons (Fsp3) is 0.407. The minimum atomic E-state index is -0.602. The van der Waals surface area contributed by atoms with Gasteiger partial charge in [0.25, 0.3) is 0 Å². The molecule has 180 valence electrons. The Morgan fingerprint density at radius 1 is 1.06 bits per heavy atom. The second-order valence-corrected chi connectivity index (χ2v) is 9.03. The summed E-state index contributed by atoms with van der Waals surface area (Å²) in [5.41, 5.74) is 3.47. The molecule has 0 radical (unpaired) electrons. The molecule has 34 heavy (non-hydrogen) atoms. The van der Waals surface area contributed by atoms with Crippen LogP contribution in [0.3, 0.4) is 0 Å². The molecule has 7 nitrogen and oxygen atoms in total. The Kier molecular flexibility index (Phi) is 6.55. The number of carbonyl (C=O) groups excluding carboxylic acids is 2. The molecule has 0 saturated carbocycles. The van der Waals surface area contributed by atoms with Crippen molar-refractivity contribution in [3.8, 4) is 11.5 Å². The number of hydrogen-bond acceptors (Lipinski definition) is 7. The molecule has 1 aliphatic carbocycles. The van der Waals surface area contributed by atoms with Crippen LogP contribution in [0.4, 0.5) is 0 Å². The molecule has 7 heteroatoms. The number of aryl methyl sites for hydroxylation is 1. The average Bonchev–Trinajstić information content (AvgIpc) is 3.22. The molecule has 0 unspecified atom stereocenters. The van der Waals surface area contributed by atoms with E-state index in [2.05, 4.69) is 5.32 Å². The van der Waals surface area contributed by atoms with Crippen LogP contribution < -0.4 is 14.8 Å². The van der Waals surface area contributed by atoms with Crippen LogP contribution in [-0.4, -0.2) is 32.1 Å². The van der Waals surface area contributed by atoms with Crippen molar-refractivity contribution in [3.05, 3.63) is 70.0 Å². The lowest BCUT2D eigenvalue weighted by atomic mass is 9.73. The van der Waals surface area contributed by atoms with E-state index in [0.717, 1.165) is 17.0 Å². The molecular weight excluding hydrogens is 434 g/mol. The highest BCUT2D eigenvalue weighted by Gasteiger charge is 2.43. The van der Waals surface area contributed by atoms with Gasteiger partial charge in [0.1, 0.15) is 11.5 Å². The zero-order valence-electron chi connectivity index (χ0n) is 20.5. The number of methoxy groups -OCH3 is 2. The Labute approximate surface area is 199 Å². The summed E-state index contributed by atoms with van der Waals surface area (Å²) in [4.78, 5) is 26.7. The van der Waals surface area contributed by atoms with E-state index >= 15 is 0 Å². The van der Waals surface area contributed by atoms with Gasteiger partial charge in [-0.05, 0) is 69.9 Å². The van der Waals surface area contributed by atoms with E-state index in [0.29, 0.717) is 46.9 Å². The monoisotopic (exact) mass is 465 g/mol. The first-order chi connectivity index (χ1) is 16.2. The summed E-state index contributed by atoms with van der Waals surface area (Å²) in [5.74, 6) is 1.46. The minimum absolute atomic E-state index is 0.0186. The standard InChI is InChI=1S/C27H31NO6/c1-14(2)33-27(30)24-16(4)28-19-11-18(17-8-10-21(31-5)23(13-17)32-6)12-20(29)25(19)26(24)22-9-7-15(3)34-22/h7-10,13-14,18,26,28H,11-12H2,1-6H3/t18-,26+/m1/s1. The van der Waals surface area contributed by atoms with Crippen molar-refractivity contribution in [1.29, 1.82) is 0 Å². The Balaban J connectivity index is 1.75. The van der Waals surface area contributed by atoms with Crippen molar-refractivity contribution in [2.75, 3.05) is 14.2 Å². The van der Waals surface area contributed by atoms with Gasteiger partial charge < -0.3 is 23.9 Å². The maximum absolute atomic E-state index is 13.6. The molecule has 1 aliphatic heterocycles. The Bertz CT molecular complexity index is 1190. The molecule has 4 rings (SSSR count). The predicted molar refractivity (Wildman–Crippen MR) is 127 cm³/mol. The number of esters is 1. The maximum atomic E-state index is 13.6. The van der Waals surface area contributed by atoms with Crippen LogP contribution in [0, 0.1) is 6.92 Å². The average molecular weight is 466 g/mol. The molecule has 2 heterocycles. The zero-order valence-corrected chi connectivity index (χ0v) is 20.5. The van der Waals surface area contributed by atoms with E-state index in [1.807, 2.05) is 44.2 Å². The van der Waals surface area contributed by atoms with E-state index in [-0.39, 0.29) is 17.8 Å². The molecular formula is C27H31NO6. The van der Waals surface area contributed by atoms with Crippen molar-refractivity contribution in [1.82, 2.24) is 5.32 Å². The smallest absolute Gasteiger partial charge is 0.337 e. The van der Waals surface area contributed by atoms with E-state index in [1.165, 1.54) is 0 Å². The fourth-order valence-corrected chi connectivity index (χ4v) is 4.82. The van der Waals surface area contributed by atoms with E-state index in [1.54, 1.807) is 28.1 Å². The third-order valence-electron chi connectivity index (χ3n) is 6.31. The SMILES string of the molecule is COc1ccc([C@H]2CC(=O)C3=C(C2)NC(C)=C(C(=O)OC(C)C)[C@@H]3c2ccc(C)o2)cc1OC. The number of hydrogen-bond donors (Lipinski definition) is 1. The van der Waals surface area contributed by atoms with Crippen LogP contribution in [0.5, 0.6) is 11.5 Å². The minimum Gasteiger partial charge on any atom is -0.493 e. The summed E-state index contributed by atoms with van der Waals surface area (Å²) in [6.45, 7) is 7.30. The Morgan fingerprint density at radius 2 is 1.79 bits per heavy atom. The van der Waals surface area contributed by atoms with E-state index in [9.17, 15) is 9.59 Å². The van der Waals surface area contributed by atoms with Crippen molar-refractivity contribution in [3.63, 3.8) is 0 Å². The van der Waals surface area contributed by atoms with Crippen LogP contribution >= 0.6 is 0 Å². The first kappa shape index (κ1) is 23.7. The highest BCUT2D eigenvalue weighted by molar-refractivity contribution is 6.04. The number of furan rings is 1. The highest BCUT2D eigenvalue weighted by Crippen LogP contribution is 2.46. The number of carbonyl (C=O) groups is 2. The van der Waals surface area contributed by atoms with Gasteiger partial charge in [-0.1, -0.05) is 6.07 Å². The van der Waals surface area contributed by atoms with E-state index < -0.39 is 11.9 Å². The molecule has 2 aromatic rings. The summed E-state index contributed by atoms with van der Waals surface area (Å²) in [7, 11) is 3.19. The summed E-state index contributed by atoms with van der Waals surface area (Å²) in [5, 5.41) is 3.35. The third-order valence-corrected chi connectivity index (χ3v) is 6.31. The molecule has 0 spiro atoms. The van der Waals surface area contributed by atoms with Crippen LogP contribution in [0.2, 0.25) is 0 Å². The van der Waals surface area contributed by atoms with Crippen LogP contribution in [-0.2, 0) is 14.3 Å². The van der Waals surface area contributed by atoms with Crippen molar-refractivity contribution in [2.45, 2.75) is 58.5 Å². The molecule has 2 atom stereocenters. The topological polar surface area (TPSA) is 87.0 Å². The molecule has 1 aromatic carbocycles. The number of Topliss-reactive ketones (excluding diaryl/α,β-unsaturated/α-hetero) is 1. The van der Waals surface area contributed by atoms with Gasteiger partial charge in [0, 0.05) is 23.4 Å². The highest BCUT2D eigenvalue weighted by atomic mass is 16.5. The van der Waals surface area contributed by atoms with Crippen molar-refractivity contribution >= 4 is 11.8 Å². The Hall–Kier alpha value is -3.48. The number of benzene rings is 1. The first-order valence-corrected chi connectivity index (χ1v) is 11.5. The van der Waals surface area contributed by atoms with Gasteiger partial charge in [0.15, 0.2) is 17.3 Å². The lowest BCUT2D eigenvalue weighted by Gasteiger charge is -2.36. The number of rotatable bonds is 6. The van der Waals surface area contributed by atoms with Crippen LogP contribution in [0.1, 0.15) is 62.5 Å². The molecule has 0 fully saturated rings. The number of nitrogens with one attached hydrogen (secondary N) is 1. The van der Waals surface area contributed by atoms with Gasteiger partial charge in [0.05, 0.1) is 31.8 Å². The number of ketones is 1. The van der Waals surface area contributed by atoms with Gasteiger partial charge in [-0.2, -0.15) is 0 Å². The number of dihydropyridines is 1. The second-order valence-electron chi connectivity index (χ2n) is 9.03. The lowest BCUT2D eigenvalue weighted by Crippen LogP contribution is -2.36. The molecule has 2 aliphatic rings. The largest absolute Gasteiger partial charge is 0.493 e. The molecule has 0 saturated heterocycles. The quantitative estimate of drug-likeness (QED) is 0.606. The number of ether oxygens (including phenoxy) is 3. The fourth-order valence-electron chi connectivity index (χ4n) is 4.82. The van der Waals surface area contributed by atoms with Crippen molar-refractivity contribution in [2.24, 2.45) is 0 Å². The molecule has 1 aromatic heterocycles. The maximum Gasteiger partial charge on any atom is 0.337 e. The van der Waals surface area contributed by atoms with Crippen molar-refractivity contribution < 1.29 is 28.2 Å². The van der Waals surface area contributed by atoms with Gasteiger partial charge in [0.2, 0.25) is 0 Å². The molecule has 1 N–H and O–H groups in total. The predicted octanol–water partition coefficient (Wildman–Crippen LogP) is 4.92. The summed E-state index contributed by atoms with van der Waals surface area (Å²) in [6.07, 6.45) is 0.660. The third kappa shape index (κ3) is 4.34. The van der Waals surface area contributed by atoms with Crippen LogP contribution in [0.15, 0.2) is 57.3 Å². The second kappa shape index (κ2) is 9.41. The summed E-state index contributed by atoms with van der Waals surface area (Å²) >= 11 is 0. The number of allylic oxidation sites excluding steroid dienone is 3. The van der Waals surface area contributed by atoms with Gasteiger partial charge in [-0.15, -0.1) is 0 Å². The molecule has 0 bridgehead atoms. The van der Waals surface area contributed by atoms with Crippen LogP contribution in [0.25, 0.3) is 0 Å².